The summed E-state index contributed by atoms with van der Waals surface area (Å²) in [5.74, 6) is 0.805. The van der Waals surface area contributed by atoms with E-state index in [4.69, 9.17) is 4.74 Å². The molecule has 35 heavy (non-hydrogen) atoms. The molecule has 180 valence electrons. The molecule has 0 bridgehead atoms. The lowest BCUT2D eigenvalue weighted by Gasteiger charge is -2.39. The van der Waals surface area contributed by atoms with Gasteiger partial charge in [0.05, 0.1) is 17.8 Å². The van der Waals surface area contributed by atoms with Crippen molar-refractivity contribution in [2.24, 2.45) is 0 Å². The van der Waals surface area contributed by atoms with Crippen molar-refractivity contribution in [3.05, 3.63) is 65.2 Å². The molecule has 10 nitrogen and oxygen atoms in total. The number of rotatable bonds is 5. The Morgan fingerprint density at radius 2 is 1.91 bits per heavy atom. The minimum atomic E-state index is -0.154. The normalized spacial score (nSPS) is 13.7. The van der Waals surface area contributed by atoms with Crippen LogP contribution in [-0.4, -0.2) is 62.8 Å². The van der Waals surface area contributed by atoms with Gasteiger partial charge in [-0.3, -0.25) is 14.4 Å². The predicted octanol–water partition coefficient (Wildman–Crippen LogP) is 2.32. The van der Waals surface area contributed by atoms with Crippen LogP contribution in [0.25, 0.3) is 11.0 Å². The maximum atomic E-state index is 13.1. The summed E-state index contributed by atoms with van der Waals surface area (Å²) in [6, 6.07) is 7.34. The summed E-state index contributed by atoms with van der Waals surface area (Å²) in [7, 11) is 1.61. The molecule has 5 rings (SSSR count). The first kappa shape index (κ1) is 22.5. The van der Waals surface area contributed by atoms with E-state index in [0.29, 0.717) is 41.4 Å². The molecule has 0 aliphatic carbocycles. The smallest absolute Gasteiger partial charge is 0.268 e. The van der Waals surface area contributed by atoms with Crippen LogP contribution in [0.1, 0.15) is 38.9 Å². The first-order valence-corrected chi connectivity index (χ1v) is 11.3. The molecule has 2 N–H and O–H groups in total. The van der Waals surface area contributed by atoms with Crippen LogP contribution in [-0.2, 0) is 4.79 Å². The highest BCUT2D eigenvalue weighted by molar-refractivity contribution is 5.99. The zero-order valence-electron chi connectivity index (χ0n) is 20.0. The SMILES string of the molecule is CNC(=O)c1c(C)cc2cc(Oc3ccnn4cc(C(=O)N5CC(NC(C)=O)C5)c(C)c34)ccn12. The molecule has 0 unspecified atom stereocenters. The molecule has 4 aromatic rings. The van der Waals surface area contributed by atoms with Crippen molar-refractivity contribution in [3.63, 3.8) is 0 Å². The van der Waals surface area contributed by atoms with E-state index in [9.17, 15) is 14.4 Å². The molecule has 5 heterocycles. The van der Waals surface area contributed by atoms with Crippen molar-refractivity contribution in [2.75, 3.05) is 20.1 Å². The molecule has 0 aromatic carbocycles. The lowest BCUT2D eigenvalue weighted by Crippen LogP contribution is -2.60. The molecule has 1 aliphatic rings. The monoisotopic (exact) mass is 474 g/mol. The minimum Gasteiger partial charge on any atom is -0.455 e. The lowest BCUT2D eigenvalue weighted by atomic mass is 10.1. The van der Waals surface area contributed by atoms with Gasteiger partial charge in [0.1, 0.15) is 17.0 Å². The molecule has 1 aliphatic heterocycles. The van der Waals surface area contributed by atoms with Gasteiger partial charge < -0.3 is 24.7 Å². The van der Waals surface area contributed by atoms with Crippen LogP contribution in [0.4, 0.5) is 0 Å². The number of amides is 3. The van der Waals surface area contributed by atoms with Gasteiger partial charge in [-0.1, -0.05) is 0 Å². The average molecular weight is 475 g/mol. The standard InChI is InChI=1S/C25H26N6O4/c1-14-9-18-10-19(6-8-30(18)22(14)24(33)26-4)35-21-5-7-27-31-13-20(15(2)23(21)31)25(34)29-11-17(12-29)28-16(3)32/h5-10,13,17H,11-12H2,1-4H3,(H,26,33)(H,28,32). The summed E-state index contributed by atoms with van der Waals surface area (Å²) in [6.45, 7) is 6.20. The zero-order chi connectivity index (χ0) is 24.9. The van der Waals surface area contributed by atoms with Crippen molar-refractivity contribution in [1.82, 2.24) is 29.5 Å². The Kier molecular flexibility index (Phi) is 5.43. The third-order valence-corrected chi connectivity index (χ3v) is 6.30. The van der Waals surface area contributed by atoms with E-state index in [0.717, 1.165) is 16.6 Å². The molecule has 0 atom stereocenters. The zero-order valence-corrected chi connectivity index (χ0v) is 20.0. The molecule has 0 saturated carbocycles. The van der Waals surface area contributed by atoms with Crippen LogP contribution in [0, 0.1) is 13.8 Å². The Morgan fingerprint density at radius 1 is 1.14 bits per heavy atom. The Labute approximate surface area is 201 Å². The van der Waals surface area contributed by atoms with E-state index >= 15 is 0 Å². The van der Waals surface area contributed by atoms with E-state index in [1.807, 2.05) is 30.4 Å². The number of nitrogens with one attached hydrogen (secondary N) is 2. The largest absolute Gasteiger partial charge is 0.455 e. The number of aromatic nitrogens is 3. The third kappa shape index (κ3) is 3.86. The fourth-order valence-corrected chi connectivity index (χ4v) is 4.60. The highest BCUT2D eigenvalue weighted by Gasteiger charge is 2.33. The molecule has 10 heteroatoms. The molecule has 4 aromatic heterocycles. The van der Waals surface area contributed by atoms with Gasteiger partial charge in [0, 0.05) is 57.1 Å². The second-order valence-corrected chi connectivity index (χ2v) is 8.78. The molecule has 3 amide bonds. The average Bonchev–Trinajstić information content (AvgIpc) is 3.31. The number of hydrogen-bond acceptors (Lipinski definition) is 5. The summed E-state index contributed by atoms with van der Waals surface area (Å²) in [4.78, 5) is 38.2. The maximum Gasteiger partial charge on any atom is 0.268 e. The fraction of sp³-hybridized carbons (Fsp3) is 0.280. The number of ether oxygens (including phenoxy) is 1. The molecule has 1 fully saturated rings. The number of fused-ring (bicyclic) bond motifs is 2. The van der Waals surface area contributed by atoms with Crippen molar-refractivity contribution >= 4 is 28.8 Å². The minimum absolute atomic E-state index is 0.0117. The molecule has 0 spiro atoms. The Balaban J connectivity index is 1.43. The molecule has 0 radical (unpaired) electrons. The number of pyridine rings is 1. The van der Waals surface area contributed by atoms with Crippen molar-refractivity contribution in [3.8, 4) is 11.5 Å². The van der Waals surface area contributed by atoms with Gasteiger partial charge in [-0.2, -0.15) is 5.10 Å². The number of likely N-dealkylation sites (tertiary alicyclic amines) is 1. The van der Waals surface area contributed by atoms with Gasteiger partial charge in [-0.15, -0.1) is 0 Å². The first-order valence-electron chi connectivity index (χ1n) is 11.3. The summed E-state index contributed by atoms with van der Waals surface area (Å²) in [5, 5.41) is 9.85. The van der Waals surface area contributed by atoms with Crippen LogP contribution in [0.5, 0.6) is 11.5 Å². The number of aryl methyl sites for hydroxylation is 2. The van der Waals surface area contributed by atoms with Gasteiger partial charge in [0.2, 0.25) is 5.91 Å². The first-order chi connectivity index (χ1) is 16.8. The van der Waals surface area contributed by atoms with Crippen molar-refractivity contribution < 1.29 is 19.1 Å². The van der Waals surface area contributed by atoms with E-state index in [2.05, 4.69) is 15.7 Å². The second-order valence-electron chi connectivity index (χ2n) is 8.78. The van der Waals surface area contributed by atoms with Gasteiger partial charge in [0.25, 0.3) is 11.8 Å². The Morgan fingerprint density at radius 3 is 2.63 bits per heavy atom. The number of carbonyl (C=O) groups is 3. The topological polar surface area (TPSA) is 109 Å². The van der Waals surface area contributed by atoms with E-state index in [1.54, 1.807) is 47.2 Å². The van der Waals surface area contributed by atoms with Crippen molar-refractivity contribution in [2.45, 2.75) is 26.8 Å². The fourth-order valence-electron chi connectivity index (χ4n) is 4.60. The number of carbonyl (C=O) groups excluding carboxylic acids is 3. The van der Waals surface area contributed by atoms with Gasteiger partial charge in [-0.25, -0.2) is 4.52 Å². The van der Waals surface area contributed by atoms with Crippen LogP contribution in [0.15, 0.2) is 42.9 Å². The van der Waals surface area contributed by atoms with Crippen molar-refractivity contribution in [1.29, 1.82) is 0 Å². The van der Waals surface area contributed by atoms with E-state index < -0.39 is 0 Å². The third-order valence-electron chi connectivity index (χ3n) is 6.30. The number of hydrogen-bond donors (Lipinski definition) is 2. The molecular formula is C25H26N6O4. The van der Waals surface area contributed by atoms with Crippen LogP contribution in [0.2, 0.25) is 0 Å². The summed E-state index contributed by atoms with van der Waals surface area (Å²) in [5.41, 5.74) is 4.29. The second kappa shape index (κ2) is 8.46. The highest BCUT2D eigenvalue weighted by atomic mass is 16.5. The summed E-state index contributed by atoms with van der Waals surface area (Å²) in [6.07, 6.45) is 5.13. The van der Waals surface area contributed by atoms with E-state index in [-0.39, 0.29) is 23.8 Å². The molecular weight excluding hydrogens is 448 g/mol. The Hall–Kier alpha value is -4.34. The Bertz CT molecular complexity index is 1490. The molecule has 1 saturated heterocycles. The summed E-state index contributed by atoms with van der Waals surface area (Å²) >= 11 is 0. The highest BCUT2D eigenvalue weighted by Crippen LogP contribution is 2.32. The van der Waals surface area contributed by atoms with Gasteiger partial charge in [-0.05, 0) is 37.1 Å². The summed E-state index contributed by atoms with van der Waals surface area (Å²) < 4.78 is 9.69. The van der Waals surface area contributed by atoms with Crippen LogP contribution < -0.4 is 15.4 Å². The van der Waals surface area contributed by atoms with Gasteiger partial charge in [0.15, 0.2) is 5.75 Å². The van der Waals surface area contributed by atoms with Crippen LogP contribution >= 0.6 is 0 Å². The predicted molar refractivity (Wildman–Crippen MR) is 129 cm³/mol. The van der Waals surface area contributed by atoms with Gasteiger partial charge >= 0.3 is 0 Å². The van der Waals surface area contributed by atoms with E-state index in [1.165, 1.54) is 6.92 Å². The number of nitrogens with zero attached hydrogens (tertiary/aromatic N) is 4. The van der Waals surface area contributed by atoms with Crippen LogP contribution in [0.3, 0.4) is 0 Å². The maximum absolute atomic E-state index is 13.1. The quantitative estimate of drug-likeness (QED) is 0.461. The lowest BCUT2D eigenvalue weighted by molar-refractivity contribution is -0.120.